The van der Waals surface area contributed by atoms with Gasteiger partial charge in [-0.3, -0.25) is 0 Å². The number of phenols is 1. The molecule has 4 nitrogen and oxygen atoms in total. The summed E-state index contributed by atoms with van der Waals surface area (Å²) in [5.74, 6) is 0.794. The van der Waals surface area contributed by atoms with Gasteiger partial charge < -0.3 is 19.7 Å². The molecule has 16 heavy (non-hydrogen) atoms. The van der Waals surface area contributed by atoms with Crippen LogP contribution in [0.4, 0.5) is 0 Å². The van der Waals surface area contributed by atoms with E-state index in [1.807, 2.05) is 0 Å². The van der Waals surface area contributed by atoms with Crippen molar-refractivity contribution in [2.45, 2.75) is 19.4 Å². The van der Waals surface area contributed by atoms with E-state index in [2.05, 4.69) is 15.9 Å². The van der Waals surface area contributed by atoms with Gasteiger partial charge in [0.1, 0.15) is 10.2 Å². The number of aliphatic hydroxyl groups is 1. The maximum absolute atomic E-state index is 9.92. The molecule has 0 atom stereocenters. The molecule has 0 aliphatic carbocycles. The summed E-state index contributed by atoms with van der Waals surface area (Å²) in [4.78, 5) is 0. The molecule has 0 saturated heterocycles. The minimum Gasteiger partial charge on any atom is -0.506 e. The number of ether oxygens (including phenoxy) is 2. The van der Waals surface area contributed by atoms with E-state index in [1.54, 1.807) is 19.9 Å². The van der Waals surface area contributed by atoms with Crippen LogP contribution in [0.3, 0.4) is 0 Å². The van der Waals surface area contributed by atoms with Crippen LogP contribution in [0.25, 0.3) is 0 Å². The predicted molar refractivity (Wildman–Crippen MR) is 64.2 cm³/mol. The number of hydrogen-bond donors (Lipinski definition) is 2. The Morgan fingerprint density at radius 3 is 2.19 bits per heavy atom. The van der Waals surface area contributed by atoms with Crippen molar-refractivity contribution in [3.63, 3.8) is 0 Å². The molecule has 0 radical (unpaired) electrons. The lowest BCUT2D eigenvalue weighted by molar-refractivity contribution is 0.0753. The van der Waals surface area contributed by atoms with Crippen molar-refractivity contribution in [1.82, 2.24) is 0 Å². The van der Waals surface area contributed by atoms with Gasteiger partial charge in [0.25, 0.3) is 0 Å². The van der Waals surface area contributed by atoms with Gasteiger partial charge in [-0.1, -0.05) is 0 Å². The highest BCUT2D eigenvalue weighted by Crippen LogP contribution is 2.46. The third-order valence-corrected chi connectivity index (χ3v) is 2.98. The number of hydrogen-bond acceptors (Lipinski definition) is 4. The minimum atomic E-state index is -1.16. The van der Waals surface area contributed by atoms with E-state index in [0.29, 0.717) is 21.5 Å². The van der Waals surface area contributed by atoms with Gasteiger partial charge in [0, 0.05) is 5.56 Å². The second-order valence-corrected chi connectivity index (χ2v) is 4.67. The molecule has 0 bridgehead atoms. The van der Waals surface area contributed by atoms with Crippen LogP contribution >= 0.6 is 15.9 Å². The molecule has 5 heteroatoms. The smallest absolute Gasteiger partial charge is 0.178 e. The third-order valence-electron chi connectivity index (χ3n) is 2.24. The summed E-state index contributed by atoms with van der Waals surface area (Å²) in [5.41, 5.74) is -0.788. The highest BCUT2D eigenvalue weighted by molar-refractivity contribution is 9.10. The van der Waals surface area contributed by atoms with Gasteiger partial charge in [-0.25, -0.2) is 0 Å². The van der Waals surface area contributed by atoms with Gasteiger partial charge in [-0.15, -0.1) is 0 Å². The molecule has 0 fully saturated rings. The van der Waals surface area contributed by atoms with Crippen molar-refractivity contribution in [2.75, 3.05) is 14.2 Å². The predicted octanol–water partition coefficient (Wildman–Crippen LogP) is 2.40. The van der Waals surface area contributed by atoms with Crippen molar-refractivity contribution in [3.8, 4) is 17.2 Å². The number of methoxy groups -OCH3 is 2. The fraction of sp³-hybridized carbons (Fsp3) is 0.455. The first kappa shape index (κ1) is 13.1. The lowest BCUT2D eigenvalue weighted by atomic mass is 9.97. The Morgan fingerprint density at radius 1 is 1.25 bits per heavy atom. The van der Waals surface area contributed by atoms with E-state index in [4.69, 9.17) is 9.47 Å². The fourth-order valence-electron chi connectivity index (χ4n) is 1.41. The summed E-state index contributed by atoms with van der Waals surface area (Å²) < 4.78 is 10.6. The summed E-state index contributed by atoms with van der Waals surface area (Å²) in [5, 5.41) is 19.8. The maximum atomic E-state index is 9.92. The lowest BCUT2D eigenvalue weighted by Crippen LogP contribution is -2.16. The van der Waals surface area contributed by atoms with Gasteiger partial charge in [0.2, 0.25) is 0 Å². The zero-order valence-corrected chi connectivity index (χ0v) is 11.3. The highest BCUT2D eigenvalue weighted by Gasteiger charge is 2.26. The van der Waals surface area contributed by atoms with Crippen molar-refractivity contribution < 1.29 is 19.7 Å². The quantitative estimate of drug-likeness (QED) is 0.897. The second-order valence-electron chi connectivity index (χ2n) is 3.88. The lowest BCUT2D eigenvalue weighted by Gasteiger charge is -2.22. The zero-order valence-electron chi connectivity index (χ0n) is 9.67. The van der Waals surface area contributed by atoms with E-state index >= 15 is 0 Å². The maximum Gasteiger partial charge on any atom is 0.178 e. The zero-order chi connectivity index (χ0) is 12.5. The van der Waals surface area contributed by atoms with Crippen LogP contribution in [0.15, 0.2) is 10.5 Å². The Bertz CT molecular complexity index is 396. The summed E-state index contributed by atoms with van der Waals surface area (Å²) in [7, 11) is 2.97. The topological polar surface area (TPSA) is 58.9 Å². The highest BCUT2D eigenvalue weighted by atomic mass is 79.9. The first-order chi connectivity index (χ1) is 7.32. The van der Waals surface area contributed by atoms with E-state index in [9.17, 15) is 10.2 Å². The van der Waals surface area contributed by atoms with Crippen molar-refractivity contribution in [2.24, 2.45) is 0 Å². The molecule has 0 saturated carbocycles. The average Bonchev–Trinajstić information content (AvgIpc) is 2.19. The molecule has 0 heterocycles. The second kappa shape index (κ2) is 4.51. The molecule has 1 aromatic rings. The normalized spacial score (nSPS) is 11.4. The van der Waals surface area contributed by atoms with Gasteiger partial charge in [0.15, 0.2) is 11.5 Å². The number of benzene rings is 1. The Labute approximate surface area is 103 Å². The molecular weight excluding hydrogens is 276 g/mol. The van der Waals surface area contributed by atoms with Crippen LogP contribution in [0, 0.1) is 0 Å². The summed E-state index contributed by atoms with van der Waals surface area (Å²) in [6, 6.07) is 1.55. The van der Waals surface area contributed by atoms with Crippen molar-refractivity contribution in [3.05, 3.63) is 16.1 Å². The minimum absolute atomic E-state index is 0.0508. The Kier molecular flexibility index (Phi) is 3.70. The number of aromatic hydroxyl groups is 1. The monoisotopic (exact) mass is 290 g/mol. The number of phenolic OH excluding ortho intramolecular Hbond substituents is 1. The first-order valence-electron chi connectivity index (χ1n) is 4.69. The van der Waals surface area contributed by atoms with Crippen LogP contribution in [0.1, 0.15) is 19.4 Å². The fourth-order valence-corrected chi connectivity index (χ4v) is 1.98. The van der Waals surface area contributed by atoms with Gasteiger partial charge in [-0.05, 0) is 35.8 Å². The SMILES string of the molecule is COc1cc(C(C)(C)O)c(O)c(Br)c1OC. The summed E-state index contributed by atoms with van der Waals surface area (Å²) >= 11 is 3.21. The van der Waals surface area contributed by atoms with Crippen molar-refractivity contribution in [1.29, 1.82) is 0 Å². The Morgan fingerprint density at radius 2 is 1.81 bits per heavy atom. The van der Waals surface area contributed by atoms with Gasteiger partial charge >= 0.3 is 0 Å². The first-order valence-corrected chi connectivity index (χ1v) is 5.48. The summed E-state index contributed by atoms with van der Waals surface area (Å²) in [6.45, 7) is 3.17. The Balaban J connectivity index is 3.51. The van der Waals surface area contributed by atoms with Crippen LogP contribution in [-0.2, 0) is 5.60 Å². The molecule has 0 spiro atoms. The number of rotatable bonds is 3. The van der Waals surface area contributed by atoms with Crippen LogP contribution in [0.2, 0.25) is 0 Å². The molecule has 0 amide bonds. The molecular formula is C11H15BrO4. The average molecular weight is 291 g/mol. The van der Waals surface area contributed by atoms with E-state index in [0.717, 1.165) is 0 Å². The van der Waals surface area contributed by atoms with E-state index in [-0.39, 0.29) is 5.75 Å². The molecule has 1 rings (SSSR count). The third kappa shape index (κ3) is 2.25. The van der Waals surface area contributed by atoms with Crippen LogP contribution < -0.4 is 9.47 Å². The summed E-state index contributed by atoms with van der Waals surface area (Å²) in [6.07, 6.45) is 0. The molecule has 0 aliphatic rings. The molecule has 1 aromatic carbocycles. The number of halogens is 1. The molecule has 90 valence electrons. The van der Waals surface area contributed by atoms with E-state index in [1.165, 1.54) is 14.2 Å². The standard InChI is InChI=1S/C11H15BrO4/c1-11(2,14)6-5-7(15-3)10(16-4)8(12)9(6)13/h5,13-14H,1-4H3. The van der Waals surface area contributed by atoms with Crippen LogP contribution in [0.5, 0.6) is 17.2 Å². The largest absolute Gasteiger partial charge is 0.506 e. The van der Waals surface area contributed by atoms with Gasteiger partial charge in [0.05, 0.1) is 19.8 Å². The molecule has 2 N–H and O–H groups in total. The molecule has 0 aromatic heterocycles. The molecule has 0 aliphatic heterocycles. The molecule has 0 unspecified atom stereocenters. The van der Waals surface area contributed by atoms with Crippen LogP contribution in [-0.4, -0.2) is 24.4 Å². The van der Waals surface area contributed by atoms with Crippen molar-refractivity contribution >= 4 is 15.9 Å². The Hall–Kier alpha value is -0.940. The van der Waals surface area contributed by atoms with E-state index < -0.39 is 5.60 Å². The van der Waals surface area contributed by atoms with Gasteiger partial charge in [-0.2, -0.15) is 0 Å².